The topological polar surface area (TPSA) is 49.4 Å². The Balaban J connectivity index is 1.48. The largest absolute Gasteiger partial charge is 0.352 e. The standard InChI is InChI=1S/C21H23ClN2O2/c1-15-2-6-18(7-3-15)21(26)24-12-10-17(11-13-24)20(25)23-14-16-4-8-19(22)9-5-16/h2-9,17H,10-14H2,1H3,(H,23,25). The van der Waals surface area contributed by atoms with Crippen LogP contribution in [0.15, 0.2) is 48.5 Å². The molecule has 1 saturated heterocycles. The number of amides is 2. The Bertz CT molecular complexity index is 764. The number of hydrogen-bond acceptors (Lipinski definition) is 2. The lowest BCUT2D eigenvalue weighted by molar-refractivity contribution is -0.126. The van der Waals surface area contributed by atoms with Crippen LogP contribution in [-0.2, 0) is 11.3 Å². The number of nitrogens with zero attached hydrogens (tertiary/aromatic N) is 1. The number of hydrogen-bond donors (Lipinski definition) is 1. The van der Waals surface area contributed by atoms with Gasteiger partial charge < -0.3 is 10.2 Å². The lowest BCUT2D eigenvalue weighted by atomic mass is 9.95. The molecule has 136 valence electrons. The minimum atomic E-state index is -0.0376. The van der Waals surface area contributed by atoms with E-state index in [-0.39, 0.29) is 17.7 Å². The molecule has 2 aromatic carbocycles. The van der Waals surface area contributed by atoms with Crippen LogP contribution in [0.3, 0.4) is 0 Å². The minimum absolute atomic E-state index is 0.0376. The molecule has 5 heteroatoms. The van der Waals surface area contributed by atoms with Gasteiger partial charge in [0, 0.05) is 36.1 Å². The highest BCUT2D eigenvalue weighted by atomic mass is 35.5. The van der Waals surface area contributed by atoms with E-state index >= 15 is 0 Å². The molecule has 0 saturated carbocycles. The monoisotopic (exact) mass is 370 g/mol. The van der Waals surface area contributed by atoms with Gasteiger partial charge in [0.2, 0.25) is 5.91 Å². The van der Waals surface area contributed by atoms with E-state index in [9.17, 15) is 9.59 Å². The molecular formula is C21H23ClN2O2. The molecule has 2 aromatic rings. The van der Waals surface area contributed by atoms with Gasteiger partial charge in [-0.05, 0) is 49.6 Å². The van der Waals surface area contributed by atoms with Gasteiger partial charge in [-0.15, -0.1) is 0 Å². The van der Waals surface area contributed by atoms with Crippen LogP contribution in [0.5, 0.6) is 0 Å². The molecule has 3 rings (SSSR count). The highest BCUT2D eigenvalue weighted by Gasteiger charge is 2.27. The second-order valence-electron chi connectivity index (χ2n) is 6.78. The molecule has 2 amide bonds. The lowest BCUT2D eigenvalue weighted by Crippen LogP contribution is -2.42. The van der Waals surface area contributed by atoms with Gasteiger partial charge in [-0.1, -0.05) is 41.4 Å². The number of aryl methyl sites for hydroxylation is 1. The number of carbonyl (C=O) groups is 2. The van der Waals surface area contributed by atoms with Crippen LogP contribution >= 0.6 is 11.6 Å². The van der Waals surface area contributed by atoms with E-state index in [1.807, 2.05) is 60.4 Å². The molecule has 0 aliphatic carbocycles. The summed E-state index contributed by atoms with van der Waals surface area (Å²) in [5.41, 5.74) is 2.87. The van der Waals surface area contributed by atoms with Crippen LogP contribution in [0.4, 0.5) is 0 Å². The molecule has 1 heterocycles. The van der Waals surface area contributed by atoms with E-state index in [2.05, 4.69) is 5.32 Å². The van der Waals surface area contributed by atoms with Gasteiger partial charge in [-0.3, -0.25) is 9.59 Å². The molecular weight excluding hydrogens is 348 g/mol. The molecule has 4 nitrogen and oxygen atoms in total. The molecule has 0 aromatic heterocycles. The van der Waals surface area contributed by atoms with Gasteiger partial charge in [0.15, 0.2) is 0 Å². The van der Waals surface area contributed by atoms with Crippen molar-refractivity contribution in [2.45, 2.75) is 26.3 Å². The number of nitrogens with one attached hydrogen (secondary N) is 1. The zero-order valence-corrected chi connectivity index (χ0v) is 15.6. The first kappa shape index (κ1) is 18.5. The predicted octanol–water partition coefficient (Wildman–Crippen LogP) is 3.82. The molecule has 0 unspecified atom stereocenters. The fourth-order valence-corrected chi connectivity index (χ4v) is 3.29. The Morgan fingerprint density at radius 3 is 2.27 bits per heavy atom. The Morgan fingerprint density at radius 2 is 1.65 bits per heavy atom. The van der Waals surface area contributed by atoms with Gasteiger partial charge in [0.25, 0.3) is 5.91 Å². The second-order valence-corrected chi connectivity index (χ2v) is 7.21. The Hall–Kier alpha value is -2.33. The maximum Gasteiger partial charge on any atom is 0.253 e. The zero-order valence-electron chi connectivity index (χ0n) is 14.9. The maximum atomic E-state index is 12.5. The summed E-state index contributed by atoms with van der Waals surface area (Å²) in [7, 11) is 0. The first-order valence-corrected chi connectivity index (χ1v) is 9.29. The first-order valence-electron chi connectivity index (χ1n) is 8.91. The summed E-state index contributed by atoms with van der Waals surface area (Å²) in [6.45, 7) is 3.73. The first-order chi connectivity index (χ1) is 12.5. The highest BCUT2D eigenvalue weighted by molar-refractivity contribution is 6.30. The molecule has 0 atom stereocenters. The van der Waals surface area contributed by atoms with E-state index in [0.717, 1.165) is 11.1 Å². The van der Waals surface area contributed by atoms with Crippen molar-refractivity contribution in [2.75, 3.05) is 13.1 Å². The molecule has 1 N–H and O–H groups in total. The minimum Gasteiger partial charge on any atom is -0.352 e. The zero-order chi connectivity index (χ0) is 18.5. The molecule has 1 aliphatic heterocycles. The van der Waals surface area contributed by atoms with Crippen LogP contribution in [0.25, 0.3) is 0 Å². The van der Waals surface area contributed by atoms with Crippen LogP contribution < -0.4 is 5.32 Å². The van der Waals surface area contributed by atoms with E-state index in [0.29, 0.717) is 43.1 Å². The summed E-state index contributed by atoms with van der Waals surface area (Å²) in [5, 5.41) is 3.67. The van der Waals surface area contributed by atoms with Crippen molar-refractivity contribution in [3.8, 4) is 0 Å². The number of likely N-dealkylation sites (tertiary alicyclic amines) is 1. The number of carbonyl (C=O) groups excluding carboxylic acids is 2. The Morgan fingerprint density at radius 1 is 1.04 bits per heavy atom. The number of piperidine rings is 1. The third kappa shape index (κ3) is 4.64. The van der Waals surface area contributed by atoms with Crippen molar-refractivity contribution < 1.29 is 9.59 Å². The maximum absolute atomic E-state index is 12.5. The van der Waals surface area contributed by atoms with Gasteiger partial charge in [0.1, 0.15) is 0 Å². The summed E-state index contributed by atoms with van der Waals surface area (Å²) >= 11 is 5.87. The molecule has 26 heavy (non-hydrogen) atoms. The Kier molecular flexibility index (Phi) is 5.94. The van der Waals surface area contributed by atoms with Crippen LogP contribution in [0.2, 0.25) is 5.02 Å². The van der Waals surface area contributed by atoms with E-state index in [1.165, 1.54) is 0 Å². The fourth-order valence-electron chi connectivity index (χ4n) is 3.16. The van der Waals surface area contributed by atoms with Crippen molar-refractivity contribution in [1.29, 1.82) is 0 Å². The van der Waals surface area contributed by atoms with Gasteiger partial charge in [-0.25, -0.2) is 0 Å². The third-order valence-electron chi connectivity index (χ3n) is 4.83. The summed E-state index contributed by atoms with van der Waals surface area (Å²) in [6, 6.07) is 15.1. The summed E-state index contributed by atoms with van der Waals surface area (Å²) in [6.07, 6.45) is 1.40. The Labute approximate surface area is 159 Å². The summed E-state index contributed by atoms with van der Waals surface area (Å²) in [4.78, 5) is 26.8. The molecule has 1 fully saturated rings. The van der Waals surface area contributed by atoms with Crippen molar-refractivity contribution in [2.24, 2.45) is 5.92 Å². The van der Waals surface area contributed by atoms with E-state index < -0.39 is 0 Å². The molecule has 1 aliphatic rings. The summed E-state index contributed by atoms with van der Waals surface area (Å²) in [5.74, 6) is 0.0665. The average Bonchev–Trinajstić information content (AvgIpc) is 2.67. The predicted molar refractivity (Wildman–Crippen MR) is 103 cm³/mol. The smallest absolute Gasteiger partial charge is 0.253 e. The van der Waals surface area contributed by atoms with Crippen LogP contribution in [0, 0.1) is 12.8 Å². The normalized spacial score (nSPS) is 14.9. The van der Waals surface area contributed by atoms with Gasteiger partial charge >= 0.3 is 0 Å². The van der Waals surface area contributed by atoms with Crippen molar-refractivity contribution in [1.82, 2.24) is 10.2 Å². The average molecular weight is 371 g/mol. The number of rotatable bonds is 4. The lowest BCUT2D eigenvalue weighted by Gasteiger charge is -2.31. The summed E-state index contributed by atoms with van der Waals surface area (Å²) < 4.78 is 0. The van der Waals surface area contributed by atoms with Crippen molar-refractivity contribution in [3.05, 3.63) is 70.2 Å². The van der Waals surface area contributed by atoms with Crippen molar-refractivity contribution >= 4 is 23.4 Å². The fraction of sp³-hybridized carbons (Fsp3) is 0.333. The quantitative estimate of drug-likeness (QED) is 0.889. The van der Waals surface area contributed by atoms with E-state index in [1.54, 1.807) is 0 Å². The SMILES string of the molecule is Cc1ccc(C(=O)N2CCC(C(=O)NCc3ccc(Cl)cc3)CC2)cc1. The second kappa shape index (κ2) is 8.37. The highest BCUT2D eigenvalue weighted by Crippen LogP contribution is 2.20. The van der Waals surface area contributed by atoms with Crippen LogP contribution in [0.1, 0.15) is 34.3 Å². The van der Waals surface area contributed by atoms with Gasteiger partial charge in [0.05, 0.1) is 0 Å². The number of benzene rings is 2. The van der Waals surface area contributed by atoms with E-state index in [4.69, 9.17) is 11.6 Å². The van der Waals surface area contributed by atoms with Gasteiger partial charge in [-0.2, -0.15) is 0 Å². The van der Waals surface area contributed by atoms with Crippen LogP contribution in [-0.4, -0.2) is 29.8 Å². The molecule has 0 bridgehead atoms. The third-order valence-corrected chi connectivity index (χ3v) is 5.08. The molecule has 0 spiro atoms. The van der Waals surface area contributed by atoms with Crippen molar-refractivity contribution in [3.63, 3.8) is 0 Å². The molecule has 0 radical (unpaired) electrons. The number of halogens is 1.